The zero-order valence-corrected chi connectivity index (χ0v) is 11.0. The van der Waals surface area contributed by atoms with Crippen molar-refractivity contribution in [2.75, 3.05) is 7.05 Å². The molecule has 1 aromatic carbocycles. The van der Waals surface area contributed by atoms with Crippen LogP contribution in [0.2, 0.25) is 0 Å². The molecule has 0 amide bonds. The monoisotopic (exact) mass is 299 g/mol. The first-order chi connectivity index (χ1) is 8.11. The molecule has 2 aromatic rings. The van der Waals surface area contributed by atoms with E-state index in [0.717, 1.165) is 0 Å². The standard InChI is InChI=1S/C11H11BrFN3O/c1-6(14-2)10-15-16-11(17-10)8-5-7(13)3-4-9(8)12/h3-6,14H,1-2H3. The second-order valence-corrected chi connectivity index (χ2v) is 4.43. The number of nitrogens with one attached hydrogen (secondary N) is 1. The Labute approximate surface area is 106 Å². The van der Waals surface area contributed by atoms with Crippen LogP contribution in [0.15, 0.2) is 27.1 Å². The Morgan fingerprint density at radius 2 is 2.18 bits per heavy atom. The van der Waals surface area contributed by atoms with Crippen LogP contribution in [-0.4, -0.2) is 17.2 Å². The SMILES string of the molecule is CNC(C)c1nnc(-c2cc(F)ccc2Br)o1. The summed E-state index contributed by atoms with van der Waals surface area (Å²) in [5.74, 6) is 0.428. The van der Waals surface area contributed by atoms with Gasteiger partial charge in [0, 0.05) is 4.47 Å². The number of aromatic nitrogens is 2. The molecule has 0 bridgehead atoms. The van der Waals surface area contributed by atoms with Crippen LogP contribution in [0.1, 0.15) is 18.9 Å². The lowest BCUT2D eigenvalue weighted by atomic mass is 10.2. The Morgan fingerprint density at radius 1 is 1.41 bits per heavy atom. The summed E-state index contributed by atoms with van der Waals surface area (Å²) in [4.78, 5) is 0. The third kappa shape index (κ3) is 2.53. The fourth-order valence-electron chi connectivity index (χ4n) is 1.30. The molecule has 0 aliphatic heterocycles. The first-order valence-electron chi connectivity index (χ1n) is 5.08. The van der Waals surface area contributed by atoms with E-state index in [0.29, 0.717) is 21.8 Å². The zero-order valence-electron chi connectivity index (χ0n) is 9.37. The molecule has 4 nitrogen and oxygen atoms in total. The maximum Gasteiger partial charge on any atom is 0.249 e. The molecule has 0 radical (unpaired) electrons. The number of nitrogens with zero attached hydrogens (tertiary/aromatic N) is 2. The van der Waals surface area contributed by atoms with Crippen molar-refractivity contribution in [3.05, 3.63) is 34.4 Å². The van der Waals surface area contributed by atoms with Crippen LogP contribution in [0.5, 0.6) is 0 Å². The van der Waals surface area contributed by atoms with Gasteiger partial charge in [0.1, 0.15) is 5.82 Å². The van der Waals surface area contributed by atoms with Crippen molar-refractivity contribution in [1.29, 1.82) is 0 Å². The van der Waals surface area contributed by atoms with Gasteiger partial charge in [-0.05, 0) is 48.1 Å². The number of hydrogen-bond donors (Lipinski definition) is 1. The molecule has 6 heteroatoms. The highest BCUT2D eigenvalue weighted by molar-refractivity contribution is 9.10. The summed E-state index contributed by atoms with van der Waals surface area (Å²) in [6, 6.07) is 4.28. The normalized spacial score (nSPS) is 12.7. The quantitative estimate of drug-likeness (QED) is 0.947. The summed E-state index contributed by atoms with van der Waals surface area (Å²) in [6.45, 7) is 1.90. The Bertz CT molecular complexity index is 529. The second-order valence-electron chi connectivity index (χ2n) is 3.58. The van der Waals surface area contributed by atoms with Gasteiger partial charge in [-0.25, -0.2) is 4.39 Å². The molecule has 0 saturated carbocycles. The van der Waals surface area contributed by atoms with Gasteiger partial charge < -0.3 is 9.73 Å². The molecule has 17 heavy (non-hydrogen) atoms. The van der Waals surface area contributed by atoms with E-state index in [-0.39, 0.29) is 11.9 Å². The molecule has 1 atom stereocenters. The van der Waals surface area contributed by atoms with Gasteiger partial charge in [0.15, 0.2) is 0 Å². The highest BCUT2D eigenvalue weighted by Gasteiger charge is 2.15. The minimum Gasteiger partial charge on any atom is -0.419 e. The van der Waals surface area contributed by atoms with E-state index >= 15 is 0 Å². The number of benzene rings is 1. The van der Waals surface area contributed by atoms with Gasteiger partial charge in [-0.2, -0.15) is 0 Å². The van der Waals surface area contributed by atoms with Crippen molar-refractivity contribution in [3.63, 3.8) is 0 Å². The van der Waals surface area contributed by atoms with Crippen LogP contribution in [0, 0.1) is 5.82 Å². The van der Waals surface area contributed by atoms with Crippen molar-refractivity contribution < 1.29 is 8.81 Å². The molecular formula is C11H11BrFN3O. The molecule has 1 N–H and O–H groups in total. The van der Waals surface area contributed by atoms with E-state index in [1.165, 1.54) is 12.1 Å². The summed E-state index contributed by atoms with van der Waals surface area (Å²) >= 11 is 3.32. The van der Waals surface area contributed by atoms with Crippen LogP contribution in [0.4, 0.5) is 4.39 Å². The van der Waals surface area contributed by atoms with Crippen molar-refractivity contribution in [2.24, 2.45) is 0 Å². The molecule has 90 valence electrons. The van der Waals surface area contributed by atoms with E-state index in [1.807, 2.05) is 6.92 Å². The van der Waals surface area contributed by atoms with Crippen LogP contribution < -0.4 is 5.32 Å². The second kappa shape index (κ2) is 4.93. The minimum atomic E-state index is -0.343. The van der Waals surface area contributed by atoms with Crippen LogP contribution >= 0.6 is 15.9 Å². The van der Waals surface area contributed by atoms with E-state index in [1.54, 1.807) is 13.1 Å². The molecule has 0 aliphatic rings. The molecule has 1 unspecified atom stereocenters. The molecule has 0 fully saturated rings. The lowest BCUT2D eigenvalue weighted by Gasteiger charge is -2.03. The molecule has 1 heterocycles. The van der Waals surface area contributed by atoms with Crippen molar-refractivity contribution in [2.45, 2.75) is 13.0 Å². The summed E-state index contributed by atoms with van der Waals surface area (Å²) in [7, 11) is 1.80. The highest BCUT2D eigenvalue weighted by atomic mass is 79.9. The Morgan fingerprint density at radius 3 is 2.88 bits per heavy atom. The minimum absolute atomic E-state index is 0.0383. The van der Waals surface area contributed by atoms with Gasteiger partial charge >= 0.3 is 0 Å². The molecule has 2 rings (SSSR count). The predicted octanol–water partition coefficient (Wildman–Crippen LogP) is 2.92. The number of hydrogen-bond acceptors (Lipinski definition) is 4. The van der Waals surface area contributed by atoms with Crippen molar-refractivity contribution in [1.82, 2.24) is 15.5 Å². The third-order valence-corrected chi connectivity index (χ3v) is 3.09. The summed E-state index contributed by atoms with van der Waals surface area (Å²) in [6.07, 6.45) is 0. The van der Waals surface area contributed by atoms with Crippen molar-refractivity contribution in [3.8, 4) is 11.5 Å². The summed E-state index contributed by atoms with van der Waals surface area (Å²) in [5.41, 5.74) is 0.548. The van der Waals surface area contributed by atoms with Gasteiger partial charge in [-0.15, -0.1) is 10.2 Å². The van der Waals surface area contributed by atoms with Crippen LogP contribution in [0.25, 0.3) is 11.5 Å². The summed E-state index contributed by atoms with van der Waals surface area (Å²) in [5, 5.41) is 10.8. The number of halogens is 2. The zero-order chi connectivity index (χ0) is 12.4. The van der Waals surface area contributed by atoms with Crippen LogP contribution in [-0.2, 0) is 0 Å². The van der Waals surface area contributed by atoms with Gasteiger partial charge in [-0.3, -0.25) is 0 Å². The molecule has 1 aromatic heterocycles. The number of rotatable bonds is 3. The fourth-order valence-corrected chi connectivity index (χ4v) is 1.72. The smallest absolute Gasteiger partial charge is 0.249 e. The lowest BCUT2D eigenvalue weighted by Crippen LogP contribution is -2.12. The van der Waals surface area contributed by atoms with Crippen molar-refractivity contribution >= 4 is 15.9 Å². The first kappa shape index (κ1) is 12.2. The molecule has 0 aliphatic carbocycles. The van der Waals surface area contributed by atoms with E-state index in [4.69, 9.17) is 4.42 Å². The summed E-state index contributed by atoms with van der Waals surface area (Å²) < 4.78 is 19.3. The Balaban J connectivity index is 2.40. The Hall–Kier alpha value is -1.27. The van der Waals surface area contributed by atoms with E-state index in [2.05, 4.69) is 31.4 Å². The van der Waals surface area contributed by atoms with E-state index in [9.17, 15) is 4.39 Å². The Kier molecular flexibility index (Phi) is 3.54. The van der Waals surface area contributed by atoms with Gasteiger partial charge in [-0.1, -0.05) is 0 Å². The average Bonchev–Trinajstić information content (AvgIpc) is 2.80. The maximum absolute atomic E-state index is 13.1. The van der Waals surface area contributed by atoms with Gasteiger partial charge in [0.25, 0.3) is 0 Å². The predicted molar refractivity (Wildman–Crippen MR) is 64.9 cm³/mol. The average molecular weight is 300 g/mol. The lowest BCUT2D eigenvalue weighted by molar-refractivity contribution is 0.441. The first-order valence-corrected chi connectivity index (χ1v) is 5.87. The van der Waals surface area contributed by atoms with Gasteiger partial charge in [0.2, 0.25) is 11.8 Å². The topological polar surface area (TPSA) is 51.0 Å². The molecule has 0 saturated heterocycles. The molecule has 0 spiro atoms. The maximum atomic E-state index is 13.1. The van der Waals surface area contributed by atoms with E-state index < -0.39 is 0 Å². The largest absolute Gasteiger partial charge is 0.419 e. The fraction of sp³-hybridized carbons (Fsp3) is 0.273. The van der Waals surface area contributed by atoms with Crippen LogP contribution in [0.3, 0.4) is 0 Å². The van der Waals surface area contributed by atoms with Gasteiger partial charge in [0.05, 0.1) is 11.6 Å². The molecular weight excluding hydrogens is 289 g/mol. The highest BCUT2D eigenvalue weighted by Crippen LogP contribution is 2.28. The third-order valence-electron chi connectivity index (χ3n) is 2.40.